The number of halogens is 6. The van der Waals surface area contributed by atoms with Gasteiger partial charge in [0.15, 0.2) is 5.96 Å². The lowest BCUT2D eigenvalue weighted by Gasteiger charge is -2.27. The van der Waals surface area contributed by atoms with Crippen LogP contribution in [0.2, 0.25) is 0 Å². The number of benzene rings is 1. The van der Waals surface area contributed by atoms with Gasteiger partial charge in [-0.15, -0.1) is 37.1 Å². The first-order valence-corrected chi connectivity index (χ1v) is 7.43. The van der Waals surface area contributed by atoms with Crippen LogP contribution in [-0.2, 0) is 0 Å². The van der Waals surface area contributed by atoms with Crippen molar-refractivity contribution in [2.24, 2.45) is 16.6 Å². The van der Waals surface area contributed by atoms with Crippen LogP contribution < -0.4 is 15.8 Å². The fourth-order valence-electron chi connectivity index (χ4n) is 2.62. The summed E-state index contributed by atoms with van der Waals surface area (Å²) in [6, 6.07) is 5.11. The summed E-state index contributed by atoms with van der Waals surface area (Å²) < 4.78 is 66.9. The number of hydrogen-bond acceptors (Lipinski definition) is 2. The Morgan fingerprint density at radius 1 is 1.36 bits per heavy atom. The van der Waals surface area contributed by atoms with Crippen molar-refractivity contribution in [2.75, 3.05) is 11.9 Å². The topological polar surface area (TPSA) is 59.6 Å². The molecular weight excluding hydrogens is 460 g/mol. The third-order valence-corrected chi connectivity index (χ3v) is 3.60. The molecule has 0 heterocycles. The molecule has 0 radical (unpaired) electrons. The maximum Gasteiger partial charge on any atom is 0.573 e. The second-order valence-electron chi connectivity index (χ2n) is 5.74. The molecule has 1 saturated carbocycles. The molecule has 1 aliphatic rings. The number of nitrogens with two attached hydrogens (primary N) is 1. The smallest absolute Gasteiger partial charge is 0.406 e. The fourth-order valence-corrected chi connectivity index (χ4v) is 2.62. The Hall–Kier alpha value is -1.33. The van der Waals surface area contributed by atoms with Gasteiger partial charge in [-0.1, -0.05) is 6.07 Å². The van der Waals surface area contributed by atoms with Crippen LogP contribution in [0.15, 0.2) is 29.3 Å². The predicted octanol–water partition coefficient (Wildman–Crippen LogP) is 4.76. The third kappa shape index (κ3) is 8.06. The van der Waals surface area contributed by atoms with Gasteiger partial charge in [-0.05, 0) is 30.9 Å². The summed E-state index contributed by atoms with van der Waals surface area (Å²) in [5.74, 6) is -3.36. The lowest BCUT2D eigenvalue weighted by Crippen LogP contribution is -2.29. The van der Waals surface area contributed by atoms with E-state index in [1.54, 1.807) is 0 Å². The number of aliphatic imine (C=N–C) groups is 1. The summed E-state index contributed by atoms with van der Waals surface area (Å²) in [4.78, 5) is 4.00. The van der Waals surface area contributed by atoms with Crippen LogP contribution in [0.4, 0.5) is 27.6 Å². The van der Waals surface area contributed by atoms with E-state index in [1.165, 1.54) is 12.1 Å². The van der Waals surface area contributed by atoms with Crippen LogP contribution in [0.1, 0.15) is 25.7 Å². The molecule has 2 rings (SSSR count). The molecule has 1 unspecified atom stereocenters. The highest BCUT2D eigenvalue weighted by atomic mass is 127. The molecule has 0 amide bonds. The highest BCUT2D eigenvalue weighted by molar-refractivity contribution is 14.0. The van der Waals surface area contributed by atoms with Gasteiger partial charge < -0.3 is 15.8 Å². The number of anilines is 1. The van der Waals surface area contributed by atoms with E-state index in [4.69, 9.17) is 5.73 Å². The van der Waals surface area contributed by atoms with E-state index in [1.807, 2.05) is 0 Å². The first-order chi connectivity index (χ1) is 11.1. The molecule has 0 spiro atoms. The molecule has 1 aromatic rings. The Balaban J connectivity index is 0.00000312. The lowest BCUT2D eigenvalue weighted by atomic mass is 9.87. The number of guanidine groups is 1. The molecule has 1 aromatic carbocycles. The number of nitrogens with one attached hydrogen (secondary N) is 1. The third-order valence-electron chi connectivity index (χ3n) is 3.60. The van der Waals surface area contributed by atoms with Gasteiger partial charge in [-0.3, -0.25) is 4.99 Å². The summed E-state index contributed by atoms with van der Waals surface area (Å²) in [5, 5.41) is 2.62. The van der Waals surface area contributed by atoms with Gasteiger partial charge in [-0.2, -0.15) is 0 Å². The average molecular weight is 479 g/mol. The Labute approximate surface area is 159 Å². The maximum absolute atomic E-state index is 13.3. The molecule has 1 fully saturated rings. The van der Waals surface area contributed by atoms with Crippen LogP contribution in [0.3, 0.4) is 0 Å². The normalized spacial score (nSPS) is 20.5. The minimum Gasteiger partial charge on any atom is -0.406 e. The molecule has 3 N–H and O–H groups in total. The molecule has 4 nitrogen and oxygen atoms in total. The average Bonchev–Trinajstić information content (AvgIpc) is 2.42. The van der Waals surface area contributed by atoms with E-state index in [-0.39, 0.29) is 60.9 Å². The minimum absolute atomic E-state index is 0. The van der Waals surface area contributed by atoms with Crippen LogP contribution in [0, 0.1) is 5.92 Å². The van der Waals surface area contributed by atoms with Crippen molar-refractivity contribution in [3.63, 3.8) is 0 Å². The van der Waals surface area contributed by atoms with Gasteiger partial charge in [0.25, 0.3) is 0 Å². The van der Waals surface area contributed by atoms with Crippen LogP contribution in [-0.4, -0.2) is 24.8 Å². The van der Waals surface area contributed by atoms with E-state index >= 15 is 0 Å². The number of ether oxygens (including phenoxy) is 1. The number of rotatable bonds is 4. The van der Waals surface area contributed by atoms with Crippen molar-refractivity contribution in [2.45, 2.75) is 38.0 Å². The molecule has 0 aliphatic heterocycles. The molecule has 0 bridgehead atoms. The van der Waals surface area contributed by atoms with Crippen molar-refractivity contribution in [1.82, 2.24) is 0 Å². The Bertz CT molecular complexity index is 595. The maximum atomic E-state index is 13.3. The van der Waals surface area contributed by atoms with E-state index in [9.17, 15) is 22.0 Å². The first-order valence-electron chi connectivity index (χ1n) is 7.43. The predicted molar refractivity (Wildman–Crippen MR) is 95.6 cm³/mol. The van der Waals surface area contributed by atoms with Crippen molar-refractivity contribution in [3.05, 3.63) is 24.3 Å². The van der Waals surface area contributed by atoms with E-state index < -0.39 is 18.0 Å². The molecule has 10 heteroatoms. The molecule has 0 aromatic heterocycles. The van der Waals surface area contributed by atoms with Crippen molar-refractivity contribution in [1.29, 1.82) is 0 Å². The SMILES string of the molecule is I.NC(=NCC1CCCC(F)(F)C1)Nc1cccc(OC(F)(F)F)c1. The summed E-state index contributed by atoms with van der Waals surface area (Å²) in [7, 11) is 0. The van der Waals surface area contributed by atoms with Crippen molar-refractivity contribution in [3.8, 4) is 5.75 Å². The van der Waals surface area contributed by atoms with Gasteiger partial charge >= 0.3 is 6.36 Å². The monoisotopic (exact) mass is 479 g/mol. The second-order valence-corrected chi connectivity index (χ2v) is 5.74. The minimum atomic E-state index is -4.79. The summed E-state index contributed by atoms with van der Waals surface area (Å²) in [6.07, 6.45) is -4.02. The first kappa shape index (κ1) is 21.7. The fraction of sp³-hybridized carbons (Fsp3) is 0.533. The zero-order valence-corrected chi connectivity index (χ0v) is 15.5. The second kappa shape index (κ2) is 8.86. The largest absolute Gasteiger partial charge is 0.573 e. The van der Waals surface area contributed by atoms with Crippen LogP contribution in [0.25, 0.3) is 0 Å². The van der Waals surface area contributed by atoms with E-state index in [0.29, 0.717) is 12.8 Å². The highest BCUT2D eigenvalue weighted by Gasteiger charge is 2.36. The van der Waals surface area contributed by atoms with E-state index in [2.05, 4.69) is 15.0 Å². The zero-order chi connectivity index (χ0) is 17.8. The van der Waals surface area contributed by atoms with Crippen LogP contribution in [0.5, 0.6) is 5.75 Å². The molecule has 142 valence electrons. The molecule has 1 atom stereocenters. The molecular formula is C15H19F5IN3O. The molecule has 1 aliphatic carbocycles. The van der Waals surface area contributed by atoms with Gasteiger partial charge in [0, 0.05) is 31.1 Å². The van der Waals surface area contributed by atoms with Gasteiger partial charge in [0.05, 0.1) is 0 Å². The van der Waals surface area contributed by atoms with Crippen molar-refractivity contribution < 1.29 is 26.7 Å². The lowest BCUT2D eigenvalue weighted by molar-refractivity contribution is -0.274. The highest BCUT2D eigenvalue weighted by Crippen LogP contribution is 2.36. The molecule has 25 heavy (non-hydrogen) atoms. The summed E-state index contributed by atoms with van der Waals surface area (Å²) in [6.45, 7) is 0.146. The standard InChI is InChI=1S/C15H18F5N3O.HI/c16-14(17)6-2-3-10(8-14)9-22-13(21)23-11-4-1-5-12(7-11)24-15(18,19)20;/h1,4-5,7,10H,2-3,6,8-9H2,(H3,21,22,23);1H. The summed E-state index contributed by atoms with van der Waals surface area (Å²) in [5.41, 5.74) is 5.91. The van der Waals surface area contributed by atoms with E-state index in [0.717, 1.165) is 12.1 Å². The Morgan fingerprint density at radius 2 is 2.08 bits per heavy atom. The number of hydrogen-bond donors (Lipinski definition) is 2. The van der Waals surface area contributed by atoms with Gasteiger partial charge in [-0.25, -0.2) is 8.78 Å². The van der Waals surface area contributed by atoms with Gasteiger partial charge in [0.2, 0.25) is 5.92 Å². The summed E-state index contributed by atoms with van der Waals surface area (Å²) >= 11 is 0. The number of alkyl halides is 5. The Morgan fingerprint density at radius 3 is 2.72 bits per heavy atom. The zero-order valence-electron chi connectivity index (χ0n) is 13.2. The van der Waals surface area contributed by atoms with Crippen molar-refractivity contribution >= 4 is 35.6 Å². The van der Waals surface area contributed by atoms with Gasteiger partial charge in [0.1, 0.15) is 5.75 Å². The Kier molecular flexibility index (Phi) is 7.69. The number of nitrogens with zero attached hydrogens (tertiary/aromatic N) is 1. The quantitative estimate of drug-likeness (QED) is 0.284. The molecule has 0 saturated heterocycles. The van der Waals surface area contributed by atoms with Crippen LogP contribution >= 0.6 is 24.0 Å².